The molecule has 0 N–H and O–H groups in total. The van der Waals surface area contributed by atoms with Gasteiger partial charge in [0.1, 0.15) is 0 Å². The Morgan fingerprint density at radius 1 is 1.15 bits per heavy atom. The Morgan fingerprint density at radius 3 is 2.00 bits per heavy atom. The van der Waals surface area contributed by atoms with Crippen molar-refractivity contribution in [3.8, 4) is 6.07 Å². The third-order valence-corrected chi connectivity index (χ3v) is 1.55. The van der Waals surface area contributed by atoms with E-state index in [1.807, 2.05) is 34.6 Å². The third-order valence-electron chi connectivity index (χ3n) is 1.55. The molecule has 0 aliphatic rings. The van der Waals surface area contributed by atoms with Gasteiger partial charge in [-0.15, -0.1) is 0 Å². The Kier molecular flexibility index (Phi) is 4.06. The summed E-state index contributed by atoms with van der Waals surface area (Å²) in [4.78, 5) is 0. The van der Waals surface area contributed by atoms with E-state index >= 15 is 0 Å². The Balaban J connectivity index is 4.46. The largest absolute Gasteiger partial charge is 0.196 e. The normalized spacial score (nSPS) is 16.9. The van der Waals surface area contributed by atoms with E-state index in [0.29, 0.717) is 0 Å². The third kappa shape index (κ3) is 5.35. The van der Waals surface area contributed by atoms with Crippen LogP contribution in [0.25, 0.3) is 0 Å². The monoisotopic (exact) mass is 181 g/mol. The zero-order valence-corrected chi connectivity index (χ0v) is 9.26. The number of hydrogen-bond acceptors (Lipinski definition) is 3. The lowest BCUT2D eigenvalue weighted by molar-refractivity contribution is 0.454. The molecule has 0 fully saturated rings. The standard InChI is InChI=1S/C10H19N3/c1-6-7-10(5,8-11)13-12-9(2,3)4/h6-7H2,1-5H3/b13-12+. The number of hydrogen-bond donors (Lipinski definition) is 0. The van der Waals surface area contributed by atoms with Crippen LogP contribution >= 0.6 is 0 Å². The number of nitrogens with zero attached hydrogens (tertiary/aromatic N) is 3. The highest BCUT2D eigenvalue weighted by Crippen LogP contribution is 2.19. The summed E-state index contributed by atoms with van der Waals surface area (Å²) < 4.78 is 0. The lowest BCUT2D eigenvalue weighted by Crippen LogP contribution is -2.20. The quantitative estimate of drug-likeness (QED) is 0.616. The topological polar surface area (TPSA) is 48.5 Å². The number of rotatable bonds is 3. The molecule has 0 radical (unpaired) electrons. The van der Waals surface area contributed by atoms with Crippen molar-refractivity contribution < 1.29 is 0 Å². The molecule has 13 heavy (non-hydrogen) atoms. The van der Waals surface area contributed by atoms with E-state index < -0.39 is 5.54 Å². The molecule has 1 atom stereocenters. The van der Waals surface area contributed by atoms with Crippen LogP contribution in [0, 0.1) is 11.3 Å². The maximum absolute atomic E-state index is 8.91. The summed E-state index contributed by atoms with van der Waals surface area (Å²) in [6, 6.07) is 2.19. The molecule has 3 heteroatoms. The smallest absolute Gasteiger partial charge is 0.164 e. The fraction of sp³-hybridized carbons (Fsp3) is 0.900. The zero-order chi connectivity index (χ0) is 10.5. The maximum Gasteiger partial charge on any atom is 0.164 e. The molecule has 1 unspecified atom stereocenters. The molecule has 3 nitrogen and oxygen atoms in total. The lowest BCUT2D eigenvalue weighted by atomic mass is 10.00. The minimum absolute atomic E-state index is 0.189. The Bertz CT molecular complexity index is 219. The first kappa shape index (κ1) is 12.1. The first-order valence-corrected chi connectivity index (χ1v) is 4.68. The summed E-state index contributed by atoms with van der Waals surface area (Å²) in [6.45, 7) is 9.79. The predicted molar refractivity (Wildman–Crippen MR) is 53.5 cm³/mol. The summed E-state index contributed by atoms with van der Waals surface area (Å²) in [5.41, 5.74) is -0.826. The lowest BCUT2D eigenvalue weighted by Gasteiger charge is -2.17. The van der Waals surface area contributed by atoms with Gasteiger partial charge in [0.25, 0.3) is 0 Å². The van der Waals surface area contributed by atoms with Crippen LogP contribution < -0.4 is 0 Å². The fourth-order valence-corrected chi connectivity index (χ4v) is 0.875. The minimum atomic E-state index is -0.637. The molecule has 0 spiro atoms. The van der Waals surface area contributed by atoms with Crippen LogP contribution in [0.1, 0.15) is 47.5 Å². The summed E-state index contributed by atoms with van der Waals surface area (Å²) in [6.07, 6.45) is 1.72. The summed E-state index contributed by atoms with van der Waals surface area (Å²) in [5.74, 6) is 0. The van der Waals surface area contributed by atoms with Crippen molar-refractivity contribution in [2.24, 2.45) is 10.2 Å². The van der Waals surface area contributed by atoms with E-state index in [0.717, 1.165) is 12.8 Å². The molecule has 0 rings (SSSR count). The first-order chi connectivity index (χ1) is 5.83. The highest BCUT2D eigenvalue weighted by molar-refractivity contribution is 5.03. The van der Waals surface area contributed by atoms with Crippen LogP contribution in [0.3, 0.4) is 0 Å². The molecule has 0 aromatic heterocycles. The van der Waals surface area contributed by atoms with Gasteiger partial charge in [-0.05, 0) is 34.1 Å². The second-order valence-corrected chi connectivity index (χ2v) is 4.51. The summed E-state index contributed by atoms with van der Waals surface area (Å²) in [7, 11) is 0. The van der Waals surface area contributed by atoms with E-state index in [9.17, 15) is 0 Å². The van der Waals surface area contributed by atoms with Gasteiger partial charge in [0.15, 0.2) is 5.54 Å². The molecule has 0 aromatic carbocycles. The van der Waals surface area contributed by atoms with Gasteiger partial charge in [-0.1, -0.05) is 13.3 Å². The van der Waals surface area contributed by atoms with Gasteiger partial charge in [0, 0.05) is 0 Å². The second kappa shape index (κ2) is 4.36. The van der Waals surface area contributed by atoms with Gasteiger partial charge >= 0.3 is 0 Å². The van der Waals surface area contributed by atoms with Crippen molar-refractivity contribution in [1.29, 1.82) is 5.26 Å². The average molecular weight is 181 g/mol. The Morgan fingerprint density at radius 2 is 1.69 bits per heavy atom. The molecule has 0 heterocycles. The van der Waals surface area contributed by atoms with Crippen LogP contribution in [0.5, 0.6) is 0 Å². The summed E-state index contributed by atoms with van der Waals surface area (Å²) in [5, 5.41) is 17.1. The van der Waals surface area contributed by atoms with Crippen LogP contribution in [0.4, 0.5) is 0 Å². The van der Waals surface area contributed by atoms with E-state index in [2.05, 4.69) is 16.3 Å². The Hall–Kier alpha value is -0.910. The Labute approximate surface area is 80.9 Å². The van der Waals surface area contributed by atoms with E-state index in [4.69, 9.17) is 5.26 Å². The van der Waals surface area contributed by atoms with Crippen molar-refractivity contribution in [2.75, 3.05) is 0 Å². The van der Waals surface area contributed by atoms with Gasteiger partial charge < -0.3 is 0 Å². The van der Waals surface area contributed by atoms with E-state index in [1.54, 1.807) is 0 Å². The van der Waals surface area contributed by atoms with E-state index in [1.165, 1.54) is 0 Å². The molecular formula is C10H19N3. The van der Waals surface area contributed by atoms with Gasteiger partial charge in [-0.3, -0.25) is 0 Å². The van der Waals surface area contributed by atoms with Gasteiger partial charge in [0.2, 0.25) is 0 Å². The fourth-order valence-electron chi connectivity index (χ4n) is 0.875. The molecule has 0 aromatic rings. The molecule has 0 saturated carbocycles. The van der Waals surface area contributed by atoms with E-state index in [-0.39, 0.29) is 5.54 Å². The number of nitriles is 1. The molecule has 0 bridgehead atoms. The van der Waals surface area contributed by atoms with Gasteiger partial charge in [0.05, 0.1) is 11.6 Å². The van der Waals surface area contributed by atoms with Crippen molar-refractivity contribution >= 4 is 0 Å². The van der Waals surface area contributed by atoms with Crippen LogP contribution in [-0.4, -0.2) is 11.1 Å². The first-order valence-electron chi connectivity index (χ1n) is 4.68. The predicted octanol–water partition coefficient (Wildman–Crippen LogP) is 3.32. The summed E-state index contributed by atoms with van der Waals surface area (Å²) >= 11 is 0. The molecule has 0 amide bonds. The van der Waals surface area contributed by atoms with Crippen molar-refractivity contribution in [3.05, 3.63) is 0 Å². The number of azo groups is 1. The molecule has 0 aliphatic heterocycles. The van der Waals surface area contributed by atoms with Crippen molar-refractivity contribution in [3.63, 3.8) is 0 Å². The highest BCUT2D eigenvalue weighted by atomic mass is 15.2. The maximum atomic E-state index is 8.91. The molecule has 0 saturated heterocycles. The van der Waals surface area contributed by atoms with Crippen LogP contribution in [-0.2, 0) is 0 Å². The van der Waals surface area contributed by atoms with Crippen LogP contribution in [0.2, 0.25) is 0 Å². The zero-order valence-electron chi connectivity index (χ0n) is 9.26. The highest BCUT2D eigenvalue weighted by Gasteiger charge is 2.22. The van der Waals surface area contributed by atoms with Gasteiger partial charge in [-0.2, -0.15) is 15.5 Å². The second-order valence-electron chi connectivity index (χ2n) is 4.51. The molecule has 0 aliphatic carbocycles. The van der Waals surface area contributed by atoms with Crippen molar-refractivity contribution in [2.45, 2.75) is 58.5 Å². The SMILES string of the molecule is CCCC(C)(C#N)/N=N/C(C)(C)C. The molecular weight excluding hydrogens is 162 g/mol. The molecule has 74 valence electrons. The average Bonchev–Trinajstić information content (AvgIpc) is 2.01. The van der Waals surface area contributed by atoms with Crippen molar-refractivity contribution in [1.82, 2.24) is 0 Å². The van der Waals surface area contributed by atoms with Gasteiger partial charge in [-0.25, -0.2) is 0 Å². The van der Waals surface area contributed by atoms with Crippen LogP contribution in [0.15, 0.2) is 10.2 Å². The minimum Gasteiger partial charge on any atom is -0.196 e.